The lowest BCUT2D eigenvalue weighted by atomic mass is 9.96. The number of nitrogens with two attached hydrogens (primary N) is 1. The normalized spacial score (nSPS) is 16.0. The first kappa shape index (κ1) is 12.3. The van der Waals surface area contributed by atoms with E-state index >= 15 is 0 Å². The fourth-order valence-electron chi connectivity index (χ4n) is 2.79. The van der Waals surface area contributed by atoms with Crippen LogP contribution in [0.2, 0.25) is 0 Å². The summed E-state index contributed by atoms with van der Waals surface area (Å²) in [5.41, 5.74) is 9.32. The fourth-order valence-corrected chi connectivity index (χ4v) is 2.79. The molecule has 0 spiro atoms. The minimum Gasteiger partial charge on any atom is -0.497 e. The van der Waals surface area contributed by atoms with Crippen molar-refractivity contribution in [2.45, 2.75) is 18.3 Å². The predicted octanol–water partition coefficient (Wildman–Crippen LogP) is 3.50. The average Bonchev–Trinajstić information content (AvgIpc) is 3.20. The van der Waals surface area contributed by atoms with Crippen LogP contribution in [0.3, 0.4) is 0 Å². The smallest absolute Gasteiger partial charge is 0.206 e. The fraction of sp³-hybridized carbons (Fsp3) is 0.235. The maximum Gasteiger partial charge on any atom is 0.206 e. The van der Waals surface area contributed by atoms with Crippen LogP contribution >= 0.6 is 0 Å². The third kappa shape index (κ3) is 1.87. The SMILES string of the molecule is COc1ccc2oc(C3(c4ccc(N)cc4)CC3)nc2c1. The van der Waals surface area contributed by atoms with Gasteiger partial charge in [0.2, 0.25) is 5.89 Å². The standard InChI is InChI=1S/C17H16N2O2/c1-20-13-6-7-15-14(10-13)19-16(21-15)17(8-9-17)11-2-4-12(18)5-3-11/h2-7,10H,8-9,18H2,1H3. The van der Waals surface area contributed by atoms with Crippen molar-refractivity contribution in [1.29, 1.82) is 0 Å². The topological polar surface area (TPSA) is 61.3 Å². The highest BCUT2D eigenvalue weighted by molar-refractivity contribution is 5.75. The number of fused-ring (bicyclic) bond motifs is 1. The molecule has 21 heavy (non-hydrogen) atoms. The number of nitrogen functional groups attached to an aromatic ring is 1. The van der Waals surface area contributed by atoms with Gasteiger partial charge >= 0.3 is 0 Å². The molecule has 1 aliphatic rings. The van der Waals surface area contributed by atoms with Crippen LogP contribution in [0.15, 0.2) is 46.9 Å². The first-order valence-electron chi connectivity index (χ1n) is 7.02. The third-order valence-corrected chi connectivity index (χ3v) is 4.22. The van der Waals surface area contributed by atoms with E-state index in [4.69, 9.17) is 14.9 Å². The molecule has 0 aliphatic heterocycles. The maximum atomic E-state index is 5.98. The highest BCUT2D eigenvalue weighted by Gasteiger charge is 2.50. The Morgan fingerprint density at radius 3 is 2.57 bits per heavy atom. The number of oxazole rings is 1. The van der Waals surface area contributed by atoms with Crippen LogP contribution in [-0.2, 0) is 5.41 Å². The second kappa shape index (κ2) is 4.25. The van der Waals surface area contributed by atoms with E-state index in [1.54, 1.807) is 7.11 Å². The van der Waals surface area contributed by atoms with Gasteiger partial charge in [0.25, 0.3) is 0 Å². The van der Waals surface area contributed by atoms with Crippen molar-refractivity contribution >= 4 is 16.8 Å². The van der Waals surface area contributed by atoms with Crippen molar-refractivity contribution in [3.8, 4) is 5.75 Å². The summed E-state index contributed by atoms with van der Waals surface area (Å²) in [6, 6.07) is 13.7. The molecule has 0 unspecified atom stereocenters. The molecule has 4 heteroatoms. The molecule has 2 aromatic carbocycles. The molecule has 1 heterocycles. The number of anilines is 1. The van der Waals surface area contributed by atoms with Crippen molar-refractivity contribution in [2.75, 3.05) is 12.8 Å². The van der Waals surface area contributed by atoms with Crippen molar-refractivity contribution in [3.05, 3.63) is 53.9 Å². The lowest BCUT2D eigenvalue weighted by molar-refractivity contribution is 0.415. The summed E-state index contributed by atoms with van der Waals surface area (Å²) in [6.07, 6.45) is 2.11. The Morgan fingerprint density at radius 1 is 1.14 bits per heavy atom. The molecule has 0 radical (unpaired) electrons. The zero-order valence-corrected chi connectivity index (χ0v) is 11.8. The molecular weight excluding hydrogens is 264 g/mol. The minimum absolute atomic E-state index is 0.0834. The molecule has 1 aliphatic carbocycles. The first-order valence-corrected chi connectivity index (χ1v) is 7.02. The van der Waals surface area contributed by atoms with Crippen LogP contribution in [0.5, 0.6) is 5.75 Å². The number of aromatic nitrogens is 1. The van der Waals surface area contributed by atoms with Crippen molar-refractivity contribution in [3.63, 3.8) is 0 Å². The monoisotopic (exact) mass is 280 g/mol. The lowest BCUT2D eigenvalue weighted by Crippen LogP contribution is -2.08. The molecule has 0 bridgehead atoms. The molecule has 0 saturated heterocycles. The second-order valence-electron chi connectivity index (χ2n) is 5.56. The summed E-state index contributed by atoms with van der Waals surface area (Å²) < 4.78 is 11.2. The highest BCUT2D eigenvalue weighted by atomic mass is 16.5. The van der Waals surface area contributed by atoms with E-state index < -0.39 is 0 Å². The van der Waals surface area contributed by atoms with Gasteiger partial charge in [-0.3, -0.25) is 0 Å². The molecule has 1 aromatic heterocycles. The summed E-state index contributed by atoms with van der Waals surface area (Å²) in [7, 11) is 1.65. The Balaban J connectivity index is 1.80. The van der Waals surface area contributed by atoms with E-state index in [1.807, 2.05) is 30.3 Å². The molecular formula is C17H16N2O2. The number of methoxy groups -OCH3 is 1. The van der Waals surface area contributed by atoms with Crippen LogP contribution in [0, 0.1) is 0 Å². The van der Waals surface area contributed by atoms with Gasteiger partial charge in [0.05, 0.1) is 12.5 Å². The molecule has 0 atom stereocenters. The molecule has 4 nitrogen and oxygen atoms in total. The number of hydrogen-bond acceptors (Lipinski definition) is 4. The predicted molar refractivity (Wildman–Crippen MR) is 81.4 cm³/mol. The van der Waals surface area contributed by atoms with E-state index in [-0.39, 0.29) is 5.41 Å². The van der Waals surface area contributed by atoms with Gasteiger partial charge < -0.3 is 14.9 Å². The first-order chi connectivity index (χ1) is 10.2. The summed E-state index contributed by atoms with van der Waals surface area (Å²) in [4.78, 5) is 4.68. The summed E-state index contributed by atoms with van der Waals surface area (Å²) in [6.45, 7) is 0. The quantitative estimate of drug-likeness (QED) is 0.746. The van der Waals surface area contributed by atoms with Crippen LogP contribution in [-0.4, -0.2) is 12.1 Å². The number of hydrogen-bond donors (Lipinski definition) is 1. The van der Waals surface area contributed by atoms with Crippen molar-refractivity contribution < 1.29 is 9.15 Å². The summed E-state index contributed by atoms with van der Waals surface area (Å²) in [5, 5.41) is 0. The molecule has 3 aromatic rings. The zero-order chi connectivity index (χ0) is 14.4. The van der Waals surface area contributed by atoms with Crippen LogP contribution in [0.1, 0.15) is 24.3 Å². The van der Waals surface area contributed by atoms with Gasteiger partial charge in [-0.25, -0.2) is 4.98 Å². The Bertz CT molecular complexity index is 801. The minimum atomic E-state index is -0.0834. The Labute approximate surface area is 122 Å². The van der Waals surface area contributed by atoms with Gasteiger partial charge in [-0.2, -0.15) is 0 Å². The second-order valence-corrected chi connectivity index (χ2v) is 5.56. The summed E-state index contributed by atoms with van der Waals surface area (Å²) >= 11 is 0. The van der Waals surface area contributed by atoms with E-state index in [9.17, 15) is 0 Å². The third-order valence-electron chi connectivity index (χ3n) is 4.22. The van der Waals surface area contributed by atoms with Crippen LogP contribution in [0.25, 0.3) is 11.1 Å². The van der Waals surface area contributed by atoms with E-state index in [0.717, 1.165) is 41.3 Å². The zero-order valence-electron chi connectivity index (χ0n) is 11.8. The summed E-state index contributed by atoms with van der Waals surface area (Å²) in [5.74, 6) is 1.58. The number of nitrogens with zero attached hydrogens (tertiary/aromatic N) is 1. The molecule has 2 N–H and O–H groups in total. The van der Waals surface area contributed by atoms with Crippen molar-refractivity contribution in [1.82, 2.24) is 4.98 Å². The van der Waals surface area contributed by atoms with Gasteiger partial charge in [0.15, 0.2) is 5.58 Å². The van der Waals surface area contributed by atoms with E-state index in [1.165, 1.54) is 5.56 Å². The Morgan fingerprint density at radius 2 is 1.90 bits per heavy atom. The Kier molecular flexibility index (Phi) is 2.48. The molecule has 1 saturated carbocycles. The molecule has 1 fully saturated rings. The maximum absolute atomic E-state index is 5.98. The molecule has 106 valence electrons. The van der Waals surface area contributed by atoms with Gasteiger partial charge in [0.1, 0.15) is 11.3 Å². The Hall–Kier alpha value is -2.49. The largest absolute Gasteiger partial charge is 0.497 e. The highest BCUT2D eigenvalue weighted by Crippen LogP contribution is 2.53. The van der Waals surface area contributed by atoms with Crippen molar-refractivity contribution in [2.24, 2.45) is 0 Å². The van der Waals surface area contributed by atoms with Crippen LogP contribution in [0.4, 0.5) is 5.69 Å². The molecule has 4 rings (SSSR count). The number of benzene rings is 2. The average molecular weight is 280 g/mol. The van der Waals surface area contributed by atoms with Crippen LogP contribution < -0.4 is 10.5 Å². The van der Waals surface area contributed by atoms with Gasteiger partial charge in [0, 0.05) is 11.8 Å². The number of rotatable bonds is 3. The van der Waals surface area contributed by atoms with Gasteiger partial charge in [-0.15, -0.1) is 0 Å². The number of ether oxygens (including phenoxy) is 1. The van der Waals surface area contributed by atoms with Gasteiger partial charge in [-0.05, 0) is 42.7 Å². The lowest BCUT2D eigenvalue weighted by Gasteiger charge is -2.11. The van der Waals surface area contributed by atoms with E-state index in [2.05, 4.69) is 17.1 Å². The van der Waals surface area contributed by atoms with E-state index in [0.29, 0.717) is 0 Å². The van der Waals surface area contributed by atoms with Gasteiger partial charge in [-0.1, -0.05) is 12.1 Å². The molecule has 0 amide bonds.